The van der Waals surface area contributed by atoms with E-state index < -0.39 is 0 Å². The summed E-state index contributed by atoms with van der Waals surface area (Å²) in [4.78, 5) is 10.1. The van der Waals surface area contributed by atoms with Crippen LogP contribution in [0.25, 0.3) is 0 Å². The second-order valence-corrected chi connectivity index (χ2v) is 2.58. The van der Waals surface area contributed by atoms with Gasteiger partial charge in [0.25, 0.3) is 0 Å². The Morgan fingerprint density at radius 2 is 2.22 bits per heavy atom. The van der Waals surface area contributed by atoms with Gasteiger partial charge in [-0.3, -0.25) is 0 Å². The van der Waals surface area contributed by atoms with Crippen LogP contribution in [0.4, 0.5) is 0 Å². The number of allylic oxidation sites excluding steroid dienone is 1. The molecule has 0 rings (SSSR count). The molecule has 0 spiro atoms. The molecule has 0 aromatic carbocycles. The molecule has 1 atom stereocenters. The summed E-state index contributed by atoms with van der Waals surface area (Å²) in [6.45, 7) is 7.76. The molecule has 1 nitrogen and oxygen atoms in total. The number of rotatable bonds is 4. The molecule has 0 aliphatic heterocycles. The molecule has 9 heavy (non-hydrogen) atoms. The van der Waals surface area contributed by atoms with E-state index in [1.165, 1.54) is 0 Å². The summed E-state index contributed by atoms with van der Waals surface area (Å²) in [5.74, 6) is 0. The van der Waals surface area contributed by atoms with Gasteiger partial charge in [0.1, 0.15) is 6.29 Å². The van der Waals surface area contributed by atoms with Crippen molar-refractivity contribution in [1.29, 1.82) is 0 Å². The van der Waals surface area contributed by atoms with Gasteiger partial charge in [0.05, 0.1) is 0 Å². The van der Waals surface area contributed by atoms with Crippen LogP contribution in [0.2, 0.25) is 0 Å². The lowest BCUT2D eigenvalue weighted by atomic mass is 9.85. The number of carbonyl (C=O) groups excluding carboxylic acids is 1. The van der Waals surface area contributed by atoms with Gasteiger partial charge in [0.2, 0.25) is 0 Å². The van der Waals surface area contributed by atoms with E-state index in [9.17, 15) is 4.79 Å². The van der Waals surface area contributed by atoms with Gasteiger partial charge in [0.15, 0.2) is 0 Å². The minimum absolute atomic E-state index is 0.0295. The molecular formula is C8H14O. The third kappa shape index (κ3) is 2.45. The van der Waals surface area contributed by atoms with Gasteiger partial charge in [-0.25, -0.2) is 0 Å². The number of aldehydes is 1. The van der Waals surface area contributed by atoms with Crippen LogP contribution < -0.4 is 0 Å². The summed E-state index contributed by atoms with van der Waals surface area (Å²) in [7, 11) is 0. The topological polar surface area (TPSA) is 17.1 Å². The van der Waals surface area contributed by atoms with Crippen LogP contribution in [0.3, 0.4) is 0 Å². The Balaban J connectivity index is 3.90. The highest BCUT2D eigenvalue weighted by molar-refractivity contribution is 5.51. The van der Waals surface area contributed by atoms with E-state index in [0.717, 1.165) is 12.7 Å². The molecule has 0 heterocycles. The normalized spacial score (nSPS) is 16.2. The Hall–Kier alpha value is -0.590. The maximum absolute atomic E-state index is 10.1. The van der Waals surface area contributed by atoms with Gasteiger partial charge in [-0.2, -0.15) is 0 Å². The quantitative estimate of drug-likeness (QED) is 0.417. The highest BCUT2D eigenvalue weighted by atomic mass is 16.1. The van der Waals surface area contributed by atoms with Crippen LogP contribution >= 0.6 is 0 Å². The van der Waals surface area contributed by atoms with Crippen LogP contribution in [-0.4, -0.2) is 6.29 Å². The largest absolute Gasteiger partial charge is 0.303 e. The van der Waals surface area contributed by atoms with Gasteiger partial charge in [0, 0.05) is 6.42 Å². The number of hydrogen-bond donors (Lipinski definition) is 0. The lowest BCUT2D eigenvalue weighted by Gasteiger charge is -2.19. The second kappa shape index (κ2) is 3.44. The minimum Gasteiger partial charge on any atom is -0.303 e. The molecule has 0 N–H and O–H groups in total. The van der Waals surface area contributed by atoms with E-state index in [-0.39, 0.29) is 5.41 Å². The first kappa shape index (κ1) is 8.41. The molecule has 0 aromatic rings. The first-order chi connectivity index (χ1) is 4.18. The third-order valence-electron chi connectivity index (χ3n) is 1.85. The summed E-state index contributed by atoms with van der Waals surface area (Å²) in [5.41, 5.74) is 0.0295. The Morgan fingerprint density at radius 1 is 1.67 bits per heavy atom. The van der Waals surface area contributed by atoms with Crippen molar-refractivity contribution in [2.24, 2.45) is 5.41 Å². The zero-order valence-corrected chi connectivity index (χ0v) is 6.18. The van der Waals surface area contributed by atoms with Crippen LogP contribution in [0.5, 0.6) is 0 Å². The van der Waals surface area contributed by atoms with E-state index in [2.05, 4.69) is 13.5 Å². The molecule has 1 unspecified atom stereocenters. The molecule has 0 saturated carbocycles. The number of carbonyl (C=O) groups is 1. The van der Waals surface area contributed by atoms with Crippen molar-refractivity contribution in [3.63, 3.8) is 0 Å². The smallest absolute Gasteiger partial charge is 0.120 e. The SMILES string of the molecule is C=CC(C)(CC)CC=O. The summed E-state index contributed by atoms with van der Waals surface area (Å²) >= 11 is 0. The highest BCUT2D eigenvalue weighted by Crippen LogP contribution is 2.24. The maximum Gasteiger partial charge on any atom is 0.120 e. The second-order valence-electron chi connectivity index (χ2n) is 2.58. The highest BCUT2D eigenvalue weighted by Gasteiger charge is 2.15. The third-order valence-corrected chi connectivity index (χ3v) is 1.85. The summed E-state index contributed by atoms with van der Waals surface area (Å²) in [6, 6.07) is 0. The van der Waals surface area contributed by atoms with Gasteiger partial charge in [-0.05, 0) is 11.8 Å². The van der Waals surface area contributed by atoms with Gasteiger partial charge in [-0.1, -0.05) is 19.9 Å². The predicted molar refractivity (Wildman–Crippen MR) is 39.3 cm³/mol. The lowest BCUT2D eigenvalue weighted by Crippen LogP contribution is -2.11. The van der Waals surface area contributed by atoms with Crippen molar-refractivity contribution in [2.75, 3.05) is 0 Å². The molecule has 1 heteroatoms. The Kier molecular flexibility index (Phi) is 3.21. The molecule has 0 aliphatic rings. The van der Waals surface area contributed by atoms with Crippen LogP contribution in [0.1, 0.15) is 26.7 Å². The zero-order chi connectivity index (χ0) is 7.33. The summed E-state index contributed by atoms with van der Waals surface area (Å²) in [5, 5.41) is 0. The standard InChI is InChI=1S/C8H14O/c1-4-8(3,5-2)6-7-9/h4,7H,1,5-6H2,2-3H3. The predicted octanol–water partition coefficient (Wildman–Crippen LogP) is 2.18. The average molecular weight is 126 g/mol. The zero-order valence-electron chi connectivity index (χ0n) is 6.18. The first-order valence-electron chi connectivity index (χ1n) is 3.26. The van der Waals surface area contributed by atoms with E-state index in [1.54, 1.807) is 0 Å². The molecule has 0 fully saturated rings. The maximum atomic E-state index is 10.1. The number of hydrogen-bond acceptors (Lipinski definition) is 1. The Labute approximate surface area is 56.8 Å². The van der Waals surface area contributed by atoms with E-state index in [4.69, 9.17) is 0 Å². The van der Waals surface area contributed by atoms with Crippen molar-refractivity contribution < 1.29 is 4.79 Å². The molecule has 0 bridgehead atoms. The summed E-state index contributed by atoms with van der Waals surface area (Å²) in [6.07, 6.45) is 4.37. The fraction of sp³-hybridized carbons (Fsp3) is 0.625. The van der Waals surface area contributed by atoms with Crippen molar-refractivity contribution in [2.45, 2.75) is 26.7 Å². The molecular weight excluding hydrogens is 112 g/mol. The van der Waals surface area contributed by atoms with Crippen molar-refractivity contribution >= 4 is 6.29 Å². The first-order valence-corrected chi connectivity index (χ1v) is 3.26. The van der Waals surface area contributed by atoms with Gasteiger partial charge in [-0.15, -0.1) is 6.58 Å². The van der Waals surface area contributed by atoms with Crippen LogP contribution in [-0.2, 0) is 4.79 Å². The van der Waals surface area contributed by atoms with E-state index in [1.807, 2.05) is 13.0 Å². The molecule has 0 aliphatic carbocycles. The Bertz CT molecular complexity index is 107. The Morgan fingerprint density at radius 3 is 2.33 bits per heavy atom. The van der Waals surface area contributed by atoms with Gasteiger partial charge >= 0.3 is 0 Å². The van der Waals surface area contributed by atoms with Crippen LogP contribution in [0.15, 0.2) is 12.7 Å². The van der Waals surface area contributed by atoms with Crippen molar-refractivity contribution in [3.05, 3.63) is 12.7 Å². The fourth-order valence-electron chi connectivity index (χ4n) is 0.562. The minimum atomic E-state index is 0.0295. The molecule has 52 valence electrons. The van der Waals surface area contributed by atoms with Gasteiger partial charge < -0.3 is 4.79 Å². The lowest BCUT2D eigenvalue weighted by molar-refractivity contribution is -0.109. The van der Waals surface area contributed by atoms with E-state index in [0.29, 0.717) is 6.42 Å². The molecule has 0 amide bonds. The fourth-order valence-corrected chi connectivity index (χ4v) is 0.562. The van der Waals surface area contributed by atoms with Crippen molar-refractivity contribution in [3.8, 4) is 0 Å². The van der Waals surface area contributed by atoms with Crippen molar-refractivity contribution in [1.82, 2.24) is 0 Å². The van der Waals surface area contributed by atoms with E-state index >= 15 is 0 Å². The molecule has 0 saturated heterocycles. The molecule has 0 aromatic heterocycles. The van der Waals surface area contributed by atoms with Crippen LogP contribution in [0, 0.1) is 5.41 Å². The summed E-state index contributed by atoms with van der Waals surface area (Å²) < 4.78 is 0. The average Bonchev–Trinajstić information content (AvgIpc) is 1.89. The monoisotopic (exact) mass is 126 g/mol. The molecule has 0 radical (unpaired) electrons.